The van der Waals surface area contributed by atoms with Crippen LogP contribution in [0.25, 0.3) is 0 Å². The number of esters is 1. The molecule has 5 nitrogen and oxygen atoms in total. The van der Waals surface area contributed by atoms with Crippen LogP contribution in [0.3, 0.4) is 0 Å². The molecule has 5 rings (SSSR count). The first-order valence-electron chi connectivity index (χ1n) is 10.9. The van der Waals surface area contributed by atoms with Gasteiger partial charge in [0.2, 0.25) is 0 Å². The number of fused-ring (bicyclic) bond motifs is 2. The molecule has 1 aliphatic heterocycles. The van der Waals surface area contributed by atoms with Gasteiger partial charge in [-0.05, 0) is 54.1 Å². The number of hydrogen-bond donors (Lipinski definition) is 0. The molecule has 4 aromatic carbocycles. The van der Waals surface area contributed by atoms with Crippen molar-refractivity contribution in [2.24, 2.45) is 0 Å². The predicted molar refractivity (Wildman–Crippen MR) is 137 cm³/mol. The van der Waals surface area contributed by atoms with Gasteiger partial charge in [-0.2, -0.15) is 0 Å². The Balaban J connectivity index is 1.30. The highest BCUT2D eigenvalue weighted by Gasteiger charge is 2.28. The van der Waals surface area contributed by atoms with Crippen LogP contribution in [0.15, 0.2) is 107 Å². The summed E-state index contributed by atoms with van der Waals surface area (Å²) in [4.78, 5) is 29.7. The summed E-state index contributed by atoms with van der Waals surface area (Å²) in [6, 6.07) is 29.4. The second-order valence-electron chi connectivity index (χ2n) is 7.75. The van der Waals surface area contributed by atoms with E-state index in [0.717, 1.165) is 26.7 Å². The van der Waals surface area contributed by atoms with Crippen LogP contribution in [0.1, 0.15) is 15.9 Å². The van der Waals surface area contributed by atoms with Crippen molar-refractivity contribution in [3.8, 4) is 5.75 Å². The van der Waals surface area contributed by atoms with E-state index in [0.29, 0.717) is 10.8 Å². The zero-order chi connectivity index (χ0) is 24.2. The Hall–Kier alpha value is -3.74. The number of para-hydroxylation sites is 3. The normalized spacial score (nSPS) is 11.9. The fraction of sp³-hybridized carbons (Fsp3) is 0.0714. The first-order chi connectivity index (χ1) is 17.1. The molecule has 0 unspecified atom stereocenters. The van der Waals surface area contributed by atoms with E-state index in [4.69, 9.17) is 21.1 Å². The number of amides is 1. The molecule has 7 heteroatoms. The molecule has 0 saturated heterocycles. The van der Waals surface area contributed by atoms with E-state index in [1.165, 1.54) is 0 Å². The van der Waals surface area contributed by atoms with Crippen molar-refractivity contribution in [2.45, 2.75) is 16.4 Å². The van der Waals surface area contributed by atoms with E-state index < -0.39 is 12.6 Å². The van der Waals surface area contributed by atoms with Crippen molar-refractivity contribution in [2.75, 3.05) is 11.5 Å². The second-order valence-corrected chi connectivity index (χ2v) is 9.27. The lowest BCUT2D eigenvalue weighted by atomic mass is 10.2. The Kier molecular flexibility index (Phi) is 6.75. The molecule has 1 heterocycles. The molecule has 174 valence electrons. The Labute approximate surface area is 212 Å². The molecule has 0 fully saturated rings. The molecule has 35 heavy (non-hydrogen) atoms. The van der Waals surface area contributed by atoms with Crippen molar-refractivity contribution in [3.63, 3.8) is 0 Å². The molecule has 0 saturated carbocycles. The van der Waals surface area contributed by atoms with Gasteiger partial charge >= 0.3 is 5.97 Å². The number of carbonyl (C=O) groups is 2. The molecule has 0 spiro atoms. The van der Waals surface area contributed by atoms with Crippen molar-refractivity contribution in [3.05, 3.63) is 113 Å². The third kappa shape index (κ3) is 5.04. The highest BCUT2D eigenvalue weighted by molar-refractivity contribution is 7.99. The Morgan fingerprint density at radius 2 is 1.37 bits per heavy atom. The standard InChI is InChI=1S/C28H20ClNO4S/c29-20-15-13-19(14-16-20)17-33-24-10-4-1-7-21(24)28(32)34-18-27(31)30-22-8-2-5-11-25(22)35-26-12-6-3-9-23(26)30/h1-16H,17-18H2. The maximum absolute atomic E-state index is 13.3. The maximum Gasteiger partial charge on any atom is 0.342 e. The van der Waals surface area contributed by atoms with Gasteiger partial charge in [0, 0.05) is 14.8 Å². The van der Waals surface area contributed by atoms with Crippen LogP contribution in [0.2, 0.25) is 5.02 Å². The Bertz CT molecular complexity index is 1340. The molecular formula is C28H20ClNO4S. The van der Waals surface area contributed by atoms with Crippen LogP contribution < -0.4 is 9.64 Å². The summed E-state index contributed by atoms with van der Waals surface area (Å²) in [7, 11) is 0. The number of hydrogen-bond acceptors (Lipinski definition) is 5. The van der Waals surface area contributed by atoms with Crippen molar-refractivity contribution < 1.29 is 19.1 Å². The SMILES string of the molecule is O=C(OCC(=O)N1c2ccccc2Sc2ccccc21)c1ccccc1OCc1ccc(Cl)cc1. The largest absolute Gasteiger partial charge is 0.488 e. The van der Waals surface area contributed by atoms with Crippen molar-refractivity contribution in [1.82, 2.24) is 0 Å². The van der Waals surface area contributed by atoms with E-state index in [9.17, 15) is 9.59 Å². The van der Waals surface area contributed by atoms with E-state index >= 15 is 0 Å². The molecule has 0 aliphatic carbocycles. The first kappa shape index (κ1) is 23.0. The molecule has 0 atom stereocenters. The summed E-state index contributed by atoms with van der Waals surface area (Å²) in [6.45, 7) is -0.142. The summed E-state index contributed by atoms with van der Waals surface area (Å²) in [5, 5.41) is 0.639. The number of benzene rings is 4. The Morgan fingerprint density at radius 3 is 2.06 bits per heavy atom. The molecular weight excluding hydrogens is 482 g/mol. The van der Waals surface area contributed by atoms with Crippen LogP contribution in [0, 0.1) is 0 Å². The van der Waals surface area contributed by atoms with Crippen LogP contribution in [0.4, 0.5) is 11.4 Å². The minimum Gasteiger partial charge on any atom is -0.488 e. The molecule has 1 aliphatic rings. The number of anilines is 2. The van der Waals surface area contributed by atoms with Gasteiger partial charge in [-0.1, -0.05) is 71.9 Å². The van der Waals surface area contributed by atoms with Gasteiger partial charge in [0.25, 0.3) is 5.91 Å². The molecule has 0 bridgehead atoms. The molecule has 0 aromatic heterocycles. The van der Waals surface area contributed by atoms with Crippen molar-refractivity contribution >= 4 is 46.6 Å². The van der Waals surface area contributed by atoms with Gasteiger partial charge in [0.05, 0.1) is 11.4 Å². The topological polar surface area (TPSA) is 55.8 Å². The van der Waals surface area contributed by atoms with Crippen LogP contribution >= 0.6 is 23.4 Å². The summed E-state index contributed by atoms with van der Waals surface area (Å²) in [5.41, 5.74) is 2.70. The van der Waals surface area contributed by atoms with Crippen LogP contribution in [-0.2, 0) is 16.1 Å². The van der Waals surface area contributed by atoms with Gasteiger partial charge in [-0.25, -0.2) is 4.79 Å². The zero-order valence-electron chi connectivity index (χ0n) is 18.5. The quantitative estimate of drug-likeness (QED) is 0.269. The molecule has 0 radical (unpaired) electrons. The predicted octanol–water partition coefficient (Wildman–Crippen LogP) is 6.91. The molecule has 0 N–H and O–H groups in total. The summed E-state index contributed by atoms with van der Waals surface area (Å²) < 4.78 is 11.3. The number of halogens is 1. The summed E-state index contributed by atoms with van der Waals surface area (Å²) >= 11 is 7.54. The average Bonchev–Trinajstić information content (AvgIpc) is 2.90. The van der Waals surface area contributed by atoms with Crippen LogP contribution in [0.5, 0.6) is 5.75 Å². The fourth-order valence-electron chi connectivity index (χ4n) is 3.75. The smallest absolute Gasteiger partial charge is 0.342 e. The zero-order valence-corrected chi connectivity index (χ0v) is 20.1. The lowest BCUT2D eigenvalue weighted by Gasteiger charge is -2.30. The minimum atomic E-state index is -0.627. The monoisotopic (exact) mass is 501 g/mol. The highest BCUT2D eigenvalue weighted by atomic mass is 35.5. The van der Waals surface area contributed by atoms with Crippen molar-refractivity contribution in [1.29, 1.82) is 0 Å². The minimum absolute atomic E-state index is 0.254. The van der Waals surface area contributed by atoms with E-state index in [1.807, 2.05) is 60.7 Å². The van der Waals surface area contributed by atoms with Gasteiger partial charge < -0.3 is 9.47 Å². The third-order valence-corrected chi connectivity index (χ3v) is 6.81. The number of carbonyl (C=O) groups excluding carboxylic acids is 2. The van der Waals surface area contributed by atoms with Gasteiger partial charge in [-0.3, -0.25) is 9.69 Å². The lowest BCUT2D eigenvalue weighted by molar-refractivity contribution is -0.121. The average molecular weight is 502 g/mol. The Morgan fingerprint density at radius 1 is 0.771 bits per heavy atom. The maximum atomic E-state index is 13.3. The fourth-order valence-corrected chi connectivity index (χ4v) is 4.93. The molecule has 4 aromatic rings. The van der Waals surface area contributed by atoms with Crippen LogP contribution in [-0.4, -0.2) is 18.5 Å². The number of rotatable bonds is 6. The van der Waals surface area contributed by atoms with Gasteiger partial charge in [0.1, 0.15) is 17.9 Å². The second kappa shape index (κ2) is 10.3. The lowest BCUT2D eigenvalue weighted by Crippen LogP contribution is -2.32. The van der Waals surface area contributed by atoms with E-state index in [2.05, 4.69) is 0 Å². The third-order valence-electron chi connectivity index (χ3n) is 5.42. The number of nitrogens with zero attached hydrogens (tertiary/aromatic N) is 1. The van der Waals surface area contributed by atoms with E-state index in [-0.39, 0.29) is 18.1 Å². The van der Waals surface area contributed by atoms with Gasteiger partial charge in [-0.15, -0.1) is 0 Å². The highest BCUT2D eigenvalue weighted by Crippen LogP contribution is 2.47. The number of ether oxygens (including phenoxy) is 2. The summed E-state index contributed by atoms with van der Waals surface area (Å²) in [6.07, 6.45) is 0. The van der Waals surface area contributed by atoms with E-state index in [1.54, 1.807) is 53.1 Å². The first-order valence-corrected chi connectivity index (χ1v) is 12.1. The summed E-state index contributed by atoms with van der Waals surface area (Å²) in [5.74, 6) is -0.582. The van der Waals surface area contributed by atoms with Gasteiger partial charge in [0.15, 0.2) is 6.61 Å². The molecule has 1 amide bonds.